The molecule has 1 aromatic carbocycles. The largest absolute Gasteiger partial charge is 0.324 e. The Morgan fingerprint density at radius 3 is 2.65 bits per heavy atom. The van der Waals surface area contributed by atoms with E-state index in [-0.39, 0.29) is 5.91 Å². The third kappa shape index (κ3) is 4.17. The zero-order valence-corrected chi connectivity index (χ0v) is 10.9. The Morgan fingerprint density at radius 2 is 2.12 bits per heavy atom. The van der Waals surface area contributed by atoms with Gasteiger partial charge in [-0.15, -0.1) is 0 Å². The first kappa shape index (κ1) is 13.7. The molecule has 4 heteroatoms. The third-order valence-electron chi connectivity index (χ3n) is 2.42. The van der Waals surface area contributed by atoms with Gasteiger partial charge in [0.05, 0.1) is 6.04 Å². The molecule has 0 aliphatic heterocycles. The fourth-order valence-electron chi connectivity index (χ4n) is 1.56. The van der Waals surface area contributed by atoms with Crippen LogP contribution in [0.15, 0.2) is 18.2 Å². The fraction of sp³-hybridized carbons (Fsp3) is 0.462. The van der Waals surface area contributed by atoms with Crippen molar-refractivity contribution in [2.24, 2.45) is 5.73 Å². The van der Waals surface area contributed by atoms with Crippen LogP contribution in [0.3, 0.4) is 0 Å². The van der Waals surface area contributed by atoms with Crippen LogP contribution in [0.1, 0.15) is 18.1 Å². The SMILES string of the molecule is Cc1ccc(NC(=O)[C@@H](C)N)c(CN(C)C)c1. The second kappa shape index (κ2) is 5.80. The maximum absolute atomic E-state index is 11.6. The average Bonchev–Trinajstić information content (AvgIpc) is 2.20. The van der Waals surface area contributed by atoms with E-state index in [2.05, 4.69) is 16.3 Å². The minimum absolute atomic E-state index is 0.158. The van der Waals surface area contributed by atoms with Crippen LogP contribution in [-0.2, 0) is 11.3 Å². The number of nitrogens with two attached hydrogens (primary N) is 1. The molecule has 4 nitrogen and oxygen atoms in total. The second-order valence-corrected chi connectivity index (χ2v) is 4.68. The van der Waals surface area contributed by atoms with Gasteiger partial charge < -0.3 is 16.0 Å². The number of carbonyl (C=O) groups is 1. The van der Waals surface area contributed by atoms with Crippen molar-refractivity contribution in [3.63, 3.8) is 0 Å². The van der Waals surface area contributed by atoms with Gasteiger partial charge in [-0.05, 0) is 39.6 Å². The highest BCUT2D eigenvalue weighted by Crippen LogP contribution is 2.18. The maximum Gasteiger partial charge on any atom is 0.241 e. The number of nitrogens with one attached hydrogen (secondary N) is 1. The van der Waals surface area contributed by atoms with E-state index in [1.165, 1.54) is 5.56 Å². The minimum atomic E-state index is -0.497. The summed E-state index contributed by atoms with van der Waals surface area (Å²) in [6.07, 6.45) is 0. The molecule has 94 valence electrons. The molecular formula is C13H21N3O. The number of rotatable bonds is 4. The van der Waals surface area contributed by atoms with Crippen molar-refractivity contribution < 1.29 is 4.79 Å². The molecule has 0 bridgehead atoms. The number of anilines is 1. The van der Waals surface area contributed by atoms with Gasteiger partial charge in [-0.25, -0.2) is 0 Å². The minimum Gasteiger partial charge on any atom is -0.324 e. The number of carbonyl (C=O) groups excluding carboxylic acids is 1. The Kier molecular flexibility index (Phi) is 4.66. The molecule has 0 aliphatic carbocycles. The van der Waals surface area contributed by atoms with E-state index < -0.39 is 6.04 Å². The zero-order chi connectivity index (χ0) is 13.0. The summed E-state index contributed by atoms with van der Waals surface area (Å²) in [7, 11) is 4.00. The standard InChI is InChI=1S/C13H21N3O/c1-9-5-6-12(15-13(17)10(2)14)11(7-9)8-16(3)4/h5-7,10H,8,14H2,1-4H3,(H,15,17)/t10-/m1/s1. The van der Waals surface area contributed by atoms with Crippen LogP contribution in [0.4, 0.5) is 5.69 Å². The summed E-state index contributed by atoms with van der Waals surface area (Å²) < 4.78 is 0. The molecule has 0 unspecified atom stereocenters. The van der Waals surface area contributed by atoms with Crippen LogP contribution < -0.4 is 11.1 Å². The lowest BCUT2D eigenvalue weighted by Gasteiger charge is -2.16. The molecule has 1 aromatic rings. The summed E-state index contributed by atoms with van der Waals surface area (Å²) in [5.41, 5.74) is 8.66. The first-order chi connectivity index (χ1) is 7.90. The number of amides is 1. The molecule has 0 heterocycles. The summed E-state index contributed by atoms with van der Waals surface area (Å²) >= 11 is 0. The second-order valence-electron chi connectivity index (χ2n) is 4.68. The van der Waals surface area contributed by atoms with Gasteiger partial charge in [-0.2, -0.15) is 0 Å². The van der Waals surface area contributed by atoms with Gasteiger partial charge in [0, 0.05) is 12.2 Å². The molecule has 1 rings (SSSR count). The van der Waals surface area contributed by atoms with Crippen molar-refractivity contribution >= 4 is 11.6 Å². The molecule has 17 heavy (non-hydrogen) atoms. The molecule has 0 spiro atoms. The van der Waals surface area contributed by atoms with E-state index in [1.54, 1.807) is 6.92 Å². The van der Waals surface area contributed by atoms with E-state index in [1.807, 2.05) is 33.2 Å². The van der Waals surface area contributed by atoms with Crippen LogP contribution >= 0.6 is 0 Å². The van der Waals surface area contributed by atoms with Gasteiger partial charge in [0.1, 0.15) is 0 Å². The van der Waals surface area contributed by atoms with E-state index in [0.717, 1.165) is 17.8 Å². The maximum atomic E-state index is 11.6. The van der Waals surface area contributed by atoms with Crippen molar-refractivity contribution in [2.45, 2.75) is 26.4 Å². The lowest BCUT2D eigenvalue weighted by Crippen LogP contribution is -2.33. The molecule has 0 aliphatic rings. The first-order valence-electron chi connectivity index (χ1n) is 5.71. The van der Waals surface area contributed by atoms with Crippen molar-refractivity contribution in [1.82, 2.24) is 4.90 Å². The molecule has 0 saturated carbocycles. The van der Waals surface area contributed by atoms with Crippen LogP contribution in [0.5, 0.6) is 0 Å². The molecule has 3 N–H and O–H groups in total. The topological polar surface area (TPSA) is 58.4 Å². The highest BCUT2D eigenvalue weighted by molar-refractivity contribution is 5.95. The molecule has 1 atom stereocenters. The first-order valence-corrected chi connectivity index (χ1v) is 5.71. The Hall–Kier alpha value is -1.39. The fourth-order valence-corrected chi connectivity index (χ4v) is 1.56. The van der Waals surface area contributed by atoms with Gasteiger partial charge in [0.15, 0.2) is 0 Å². The monoisotopic (exact) mass is 235 g/mol. The Bertz CT molecular complexity index is 400. The number of aryl methyl sites for hydroxylation is 1. The highest BCUT2D eigenvalue weighted by Gasteiger charge is 2.11. The van der Waals surface area contributed by atoms with Crippen molar-refractivity contribution in [1.29, 1.82) is 0 Å². The molecular weight excluding hydrogens is 214 g/mol. The van der Waals surface area contributed by atoms with Crippen molar-refractivity contribution in [3.05, 3.63) is 29.3 Å². The summed E-state index contributed by atoms with van der Waals surface area (Å²) in [5, 5.41) is 2.85. The lowest BCUT2D eigenvalue weighted by molar-refractivity contribution is -0.117. The number of hydrogen-bond donors (Lipinski definition) is 2. The smallest absolute Gasteiger partial charge is 0.241 e. The molecule has 0 radical (unpaired) electrons. The normalized spacial score (nSPS) is 12.6. The van der Waals surface area contributed by atoms with E-state index >= 15 is 0 Å². The van der Waals surface area contributed by atoms with Gasteiger partial charge in [0.2, 0.25) is 5.91 Å². The van der Waals surface area contributed by atoms with E-state index in [0.29, 0.717) is 0 Å². The summed E-state index contributed by atoms with van der Waals surface area (Å²) in [6, 6.07) is 5.49. The van der Waals surface area contributed by atoms with Crippen LogP contribution in [0, 0.1) is 6.92 Å². The quantitative estimate of drug-likeness (QED) is 0.828. The number of nitrogens with zero attached hydrogens (tertiary/aromatic N) is 1. The van der Waals surface area contributed by atoms with Crippen LogP contribution in [0.25, 0.3) is 0 Å². The van der Waals surface area contributed by atoms with E-state index in [9.17, 15) is 4.79 Å². The van der Waals surface area contributed by atoms with Crippen molar-refractivity contribution in [3.8, 4) is 0 Å². The molecule has 0 saturated heterocycles. The Labute approximate surface area is 103 Å². The van der Waals surface area contributed by atoms with Gasteiger partial charge in [-0.1, -0.05) is 17.7 Å². The van der Waals surface area contributed by atoms with Crippen LogP contribution in [0.2, 0.25) is 0 Å². The molecule has 0 fully saturated rings. The average molecular weight is 235 g/mol. The van der Waals surface area contributed by atoms with E-state index in [4.69, 9.17) is 5.73 Å². The van der Waals surface area contributed by atoms with Crippen LogP contribution in [-0.4, -0.2) is 30.9 Å². The van der Waals surface area contributed by atoms with Crippen molar-refractivity contribution in [2.75, 3.05) is 19.4 Å². The Balaban J connectivity index is 2.93. The van der Waals surface area contributed by atoms with Gasteiger partial charge in [-0.3, -0.25) is 4.79 Å². The number of hydrogen-bond acceptors (Lipinski definition) is 3. The van der Waals surface area contributed by atoms with Gasteiger partial charge >= 0.3 is 0 Å². The molecule has 1 amide bonds. The predicted molar refractivity (Wildman–Crippen MR) is 70.8 cm³/mol. The summed E-state index contributed by atoms with van der Waals surface area (Å²) in [6.45, 7) is 4.50. The predicted octanol–water partition coefficient (Wildman–Crippen LogP) is 1.34. The summed E-state index contributed by atoms with van der Waals surface area (Å²) in [5.74, 6) is -0.158. The zero-order valence-electron chi connectivity index (χ0n) is 10.9. The molecule has 0 aromatic heterocycles. The Morgan fingerprint density at radius 1 is 1.47 bits per heavy atom. The third-order valence-corrected chi connectivity index (χ3v) is 2.42. The lowest BCUT2D eigenvalue weighted by atomic mass is 10.1. The van der Waals surface area contributed by atoms with Gasteiger partial charge in [0.25, 0.3) is 0 Å². The summed E-state index contributed by atoms with van der Waals surface area (Å²) in [4.78, 5) is 13.7. The number of benzene rings is 1. The highest BCUT2D eigenvalue weighted by atomic mass is 16.2.